The second kappa shape index (κ2) is 3.18. The monoisotopic (exact) mass is 175 g/mol. The molecule has 2 aromatic rings. The first-order chi connectivity index (χ1) is 6.33. The summed E-state index contributed by atoms with van der Waals surface area (Å²) in [7, 11) is 0. The van der Waals surface area contributed by atoms with Gasteiger partial charge in [0.25, 0.3) is 0 Å². The van der Waals surface area contributed by atoms with Gasteiger partial charge in [-0.2, -0.15) is 0 Å². The Morgan fingerprint density at radius 2 is 2.38 bits per heavy atom. The van der Waals surface area contributed by atoms with E-state index in [0.717, 1.165) is 5.65 Å². The fourth-order valence-corrected chi connectivity index (χ4v) is 1.44. The molecule has 3 nitrogen and oxygen atoms in total. The van der Waals surface area contributed by atoms with E-state index >= 15 is 0 Å². The third-order valence-corrected chi connectivity index (χ3v) is 2.30. The fourth-order valence-electron chi connectivity index (χ4n) is 1.44. The zero-order valence-corrected chi connectivity index (χ0v) is 7.64. The van der Waals surface area contributed by atoms with Gasteiger partial charge in [-0.25, -0.2) is 4.98 Å². The van der Waals surface area contributed by atoms with E-state index in [1.54, 1.807) is 0 Å². The maximum Gasteiger partial charge on any atom is 0.136 e. The Bertz CT molecular complexity index is 405. The fraction of sp³-hybridized carbons (Fsp3) is 0.300. The van der Waals surface area contributed by atoms with Gasteiger partial charge in [-0.3, -0.25) is 0 Å². The summed E-state index contributed by atoms with van der Waals surface area (Å²) >= 11 is 0. The molecular weight excluding hydrogens is 162 g/mol. The molecule has 0 aliphatic rings. The van der Waals surface area contributed by atoms with E-state index in [1.165, 1.54) is 5.69 Å². The van der Waals surface area contributed by atoms with E-state index in [1.807, 2.05) is 30.6 Å². The Morgan fingerprint density at radius 1 is 1.54 bits per heavy atom. The summed E-state index contributed by atoms with van der Waals surface area (Å²) in [6.07, 6.45) is 3.91. The lowest BCUT2D eigenvalue weighted by Gasteiger charge is -2.07. The Hall–Kier alpha value is -1.35. The van der Waals surface area contributed by atoms with Crippen LogP contribution in [0.4, 0.5) is 0 Å². The molecule has 2 N–H and O–H groups in total. The van der Waals surface area contributed by atoms with Crippen LogP contribution in [0.5, 0.6) is 0 Å². The Kier molecular flexibility index (Phi) is 2.02. The van der Waals surface area contributed by atoms with E-state index in [4.69, 9.17) is 5.73 Å². The maximum atomic E-state index is 5.61. The largest absolute Gasteiger partial charge is 0.330 e. The highest BCUT2D eigenvalue weighted by molar-refractivity contribution is 5.40. The number of rotatable bonds is 2. The van der Waals surface area contributed by atoms with Gasteiger partial charge in [-0.15, -0.1) is 0 Å². The first-order valence-corrected chi connectivity index (χ1v) is 4.45. The summed E-state index contributed by atoms with van der Waals surface area (Å²) in [6.45, 7) is 2.76. The Balaban J connectivity index is 2.57. The van der Waals surface area contributed by atoms with Crippen LogP contribution in [-0.4, -0.2) is 15.9 Å². The maximum absolute atomic E-state index is 5.61. The summed E-state index contributed by atoms with van der Waals surface area (Å²) in [4.78, 5) is 4.30. The Morgan fingerprint density at radius 3 is 3.15 bits per heavy atom. The molecule has 1 unspecified atom stereocenters. The molecule has 0 aromatic carbocycles. The van der Waals surface area contributed by atoms with Crippen molar-refractivity contribution in [2.24, 2.45) is 5.73 Å². The minimum absolute atomic E-state index is 0.359. The number of nitrogens with two attached hydrogens (primary N) is 1. The standard InChI is InChI=1S/C10H13N3/c1-8(6-11)9-7-12-10-4-2-3-5-13(9)10/h2-5,7-8H,6,11H2,1H3. The van der Waals surface area contributed by atoms with Crippen LogP contribution in [-0.2, 0) is 0 Å². The molecule has 0 aliphatic carbocycles. The summed E-state index contributed by atoms with van der Waals surface area (Å²) in [5.41, 5.74) is 7.78. The van der Waals surface area contributed by atoms with E-state index in [2.05, 4.69) is 16.3 Å². The van der Waals surface area contributed by atoms with Gasteiger partial charge in [0.05, 0.1) is 0 Å². The molecule has 0 radical (unpaired) electrons. The van der Waals surface area contributed by atoms with Gasteiger partial charge in [0.2, 0.25) is 0 Å². The lowest BCUT2D eigenvalue weighted by atomic mass is 10.1. The first-order valence-electron chi connectivity index (χ1n) is 4.45. The van der Waals surface area contributed by atoms with Crippen LogP contribution >= 0.6 is 0 Å². The minimum Gasteiger partial charge on any atom is -0.330 e. The van der Waals surface area contributed by atoms with Crippen LogP contribution in [0.3, 0.4) is 0 Å². The van der Waals surface area contributed by atoms with Crippen LogP contribution in [0.1, 0.15) is 18.5 Å². The highest BCUT2D eigenvalue weighted by Crippen LogP contribution is 2.15. The van der Waals surface area contributed by atoms with Crippen molar-refractivity contribution in [2.75, 3.05) is 6.54 Å². The zero-order valence-electron chi connectivity index (χ0n) is 7.64. The quantitative estimate of drug-likeness (QED) is 0.749. The van der Waals surface area contributed by atoms with E-state index in [9.17, 15) is 0 Å². The number of hydrogen-bond donors (Lipinski definition) is 1. The third-order valence-electron chi connectivity index (χ3n) is 2.30. The van der Waals surface area contributed by atoms with Crippen LogP contribution in [0.2, 0.25) is 0 Å². The third kappa shape index (κ3) is 1.31. The van der Waals surface area contributed by atoms with Gasteiger partial charge >= 0.3 is 0 Å². The van der Waals surface area contributed by atoms with Crippen molar-refractivity contribution in [1.29, 1.82) is 0 Å². The molecule has 68 valence electrons. The second-order valence-electron chi connectivity index (χ2n) is 3.25. The molecule has 0 saturated carbocycles. The van der Waals surface area contributed by atoms with Crippen molar-refractivity contribution in [1.82, 2.24) is 9.38 Å². The molecule has 0 spiro atoms. The van der Waals surface area contributed by atoms with Crippen molar-refractivity contribution in [3.05, 3.63) is 36.3 Å². The molecule has 2 heterocycles. The highest BCUT2D eigenvalue weighted by atomic mass is 15.0. The molecule has 1 atom stereocenters. The molecule has 13 heavy (non-hydrogen) atoms. The highest BCUT2D eigenvalue weighted by Gasteiger charge is 2.08. The van der Waals surface area contributed by atoms with Gasteiger partial charge in [0.1, 0.15) is 5.65 Å². The predicted octanol–water partition coefficient (Wildman–Crippen LogP) is 1.40. The second-order valence-corrected chi connectivity index (χ2v) is 3.25. The number of pyridine rings is 1. The van der Waals surface area contributed by atoms with Crippen LogP contribution in [0.15, 0.2) is 30.6 Å². The molecule has 3 heteroatoms. The van der Waals surface area contributed by atoms with Gasteiger partial charge < -0.3 is 10.1 Å². The summed E-state index contributed by atoms with van der Waals surface area (Å²) in [6, 6.07) is 5.98. The molecule has 2 rings (SSSR count). The summed E-state index contributed by atoms with van der Waals surface area (Å²) in [5, 5.41) is 0. The van der Waals surface area contributed by atoms with Crippen LogP contribution < -0.4 is 5.73 Å². The number of aromatic nitrogens is 2. The molecular formula is C10H13N3. The summed E-state index contributed by atoms with van der Waals surface area (Å²) in [5.74, 6) is 0.359. The van der Waals surface area contributed by atoms with Gasteiger partial charge in [-0.05, 0) is 12.1 Å². The normalized spacial score (nSPS) is 13.4. The van der Waals surface area contributed by atoms with E-state index in [-0.39, 0.29) is 0 Å². The molecule has 0 fully saturated rings. The topological polar surface area (TPSA) is 43.3 Å². The number of imidazole rings is 1. The molecule has 0 bridgehead atoms. The molecule has 2 aromatic heterocycles. The van der Waals surface area contributed by atoms with Gasteiger partial charge in [0.15, 0.2) is 0 Å². The van der Waals surface area contributed by atoms with Crippen molar-refractivity contribution in [2.45, 2.75) is 12.8 Å². The van der Waals surface area contributed by atoms with E-state index in [0.29, 0.717) is 12.5 Å². The predicted molar refractivity (Wildman–Crippen MR) is 52.7 cm³/mol. The lowest BCUT2D eigenvalue weighted by Crippen LogP contribution is -2.10. The number of hydrogen-bond acceptors (Lipinski definition) is 2. The van der Waals surface area contributed by atoms with Gasteiger partial charge in [0, 0.05) is 30.6 Å². The van der Waals surface area contributed by atoms with Crippen molar-refractivity contribution < 1.29 is 0 Å². The number of nitrogens with zero attached hydrogens (tertiary/aromatic N) is 2. The minimum atomic E-state index is 0.359. The van der Waals surface area contributed by atoms with Crippen molar-refractivity contribution in [3.8, 4) is 0 Å². The number of fused-ring (bicyclic) bond motifs is 1. The van der Waals surface area contributed by atoms with Crippen LogP contribution in [0, 0.1) is 0 Å². The van der Waals surface area contributed by atoms with Crippen molar-refractivity contribution in [3.63, 3.8) is 0 Å². The van der Waals surface area contributed by atoms with Crippen molar-refractivity contribution >= 4 is 5.65 Å². The lowest BCUT2D eigenvalue weighted by molar-refractivity contribution is 0.736. The van der Waals surface area contributed by atoms with Crippen LogP contribution in [0.25, 0.3) is 5.65 Å². The average Bonchev–Trinajstić information content (AvgIpc) is 2.60. The molecule has 0 aliphatic heterocycles. The van der Waals surface area contributed by atoms with Gasteiger partial charge in [-0.1, -0.05) is 13.0 Å². The van der Waals surface area contributed by atoms with E-state index < -0.39 is 0 Å². The smallest absolute Gasteiger partial charge is 0.136 e. The first kappa shape index (κ1) is 8.26. The molecule has 0 saturated heterocycles. The zero-order chi connectivity index (χ0) is 9.26. The summed E-state index contributed by atoms with van der Waals surface area (Å²) < 4.78 is 2.08. The Labute approximate surface area is 77.2 Å². The molecule has 0 amide bonds. The average molecular weight is 175 g/mol. The SMILES string of the molecule is CC(CN)c1cnc2ccccn12.